The summed E-state index contributed by atoms with van der Waals surface area (Å²) in [5, 5.41) is 53.4. The van der Waals surface area contributed by atoms with Crippen molar-refractivity contribution in [1.29, 1.82) is 0 Å². The first kappa shape index (κ1) is 45.6. The molecule has 2 saturated heterocycles. The summed E-state index contributed by atoms with van der Waals surface area (Å²) in [6.45, 7) is 12.0. The summed E-state index contributed by atoms with van der Waals surface area (Å²) in [6, 6.07) is 7.98. The van der Waals surface area contributed by atoms with Crippen molar-refractivity contribution in [3.8, 4) is 23.0 Å². The Morgan fingerprint density at radius 3 is 2.18 bits per heavy atom. The molecule has 0 unspecified atom stereocenters. The average molecular weight is 941 g/mol. The Morgan fingerprint density at radius 1 is 0.868 bits per heavy atom. The summed E-state index contributed by atoms with van der Waals surface area (Å²) in [5.41, 5.74) is 0.419. The van der Waals surface area contributed by atoms with Crippen molar-refractivity contribution in [2.24, 2.45) is 28.6 Å². The van der Waals surface area contributed by atoms with Crippen LogP contribution < -0.4 is 14.2 Å². The van der Waals surface area contributed by atoms with E-state index in [1.807, 2.05) is 19.1 Å². The van der Waals surface area contributed by atoms with Crippen LogP contribution in [0.3, 0.4) is 0 Å². The normalized spacial score (nSPS) is 39.1. The van der Waals surface area contributed by atoms with Gasteiger partial charge in [-0.05, 0) is 138 Å². The number of hydrogen-bond donors (Lipinski definition) is 5. The maximum Gasteiger partial charge on any atom is 0.513 e. The first-order valence-corrected chi connectivity index (χ1v) is 25.9. The van der Waals surface area contributed by atoms with Crippen molar-refractivity contribution in [3.05, 3.63) is 46.5 Å². The van der Waals surface area contributed by atoms with Crippen LogP contribution in [0.5, 0.6) is 23.0 Å². The lowest BCUT2D eigenvalue weighted by atomic mass is 9.33. The minimum atomic E-state index is -1.01. The van der Waals surface area contributed by atoms with E-state index in [0.29, 0.717) is 36.1 Å². The third-order valence-corrected chi connectivity index (χ3v) is 20.5. The largest absolute Gasteiger partial charge is 0.513 e. The topological polar surface area (TPSA) is 188 Å². The molecular weight excluding hydrogens is 869 g/mol. The molecule has 12 atom stereocenters. The van der Waals surface area contributed by atoms with Gasteiger partial charge in [-0.3, -0.25) is 14.6 Å². The number of aliphatic hydroxyl groups is 4. The number of fused-ring (bicyclic) bond motifs is 2. The molecule has 2 aromatic rings. The Morgan fingerprint density at radius 2 is 1.51 bits per heavy atom. The number of benzene rings is 2. The maximum atomic E-state index is 12.8. The first-order valence-electron chi connectivity index (χ1n) is 25.9. The molecule has 4 aliphatic heterocycles. The van der Waals surface area contributed by atoms with Gasteiger partial charge in [0.05, 0.1) is 35.9 Å². The number of aliphatic hydroxyl groups excluding tert-OH is 2. The van der Waals surface area contributed by atoms with Gasteiger partial charge in [0.1, 0.15) is 11.7 Å². The number of phenolic OH excluding ortho intramolecular Hbond substituents is 1. The van der Waals surface area contributed by atoms with Crippen LogP contribution in [0.25, 0.3) is 0 Å². The number of methoxy groups -OCH3 is 1. The molecule has 6 saturated carbocycles. The highest BCUT2D eigenvalue weighted by molar-refractivity contribution is 5.90. The second kappa shape index (κ2) is 15.3. The molecule has 14 rings (SSSR count). The van der Waals surface area contributed by atoms with E-state index in [9.17, 15) is 30.0 Å². The molecule has 14 heteroatoms. The second-order valence-corrected chi connectivity index (χ2v) is 24.3. The summed E-state index contributed by atoms with van der Waals surface area (Å²) in [7, 11) is 1.78. The summed E-state index contributed by atoms with van der Waals surface area (Å²) in [4.78, 5) is 30.7. The van der Waals surface area contributed by atoms with Crippen molar-refractivity contribution in [1.82, 2.24) is 9.80 Å². The van der Waals surface area contributed by atoms with E-state index >= 15 is 0 Å². The molecule has 6 bridgehead atoms. The molecule has 8 fully saturated rings. The number of piperidine rings is 2. The van der Waals surface area contributed by atoms with Crippen LogP contribution in [-0.2, 0) is 37.9 Å². The fourth-order valence-corrected chi connectivity index (χ4v) is 16.4. The fraction of sp³-hybridized carbons (Fsp3) is 0.741. The lowest BCUT2D eigenvalue weighted by molar-refractivity contribution is -0.312. The number of rotatable bonds is 11. The molecule has 0 aromatic heterocycles. The van der Waals surface area contributed by atoms with Gasteiger partial charge in [-0.15, -0.1) is 0 Å². The summed E-state index contributed by atoms with van der Waals surface area (Å²) >= 11 is 0. The van der Waals surface area contributed by atoms with Crippen molar-refractivity contribution >= 4 is 11.9 Å². The lowest BCUT2D eigenvalue weighted by Gasteiger charge is -2.75. The monoisotopic (exact) mass is 941 g/mol. The van der Waals surface area contributed by atoms with Crippen molar-refractivity contribution < 1.29 is 58.8 Å². The second-order valence-electron chi connectivity index (χ2n) is 24.3. The molecule has 2 aromatic carbocycles. The van der Waals surface area contributed by atoms with Gasteiger partial charge in [-0.1, -0.05) is 32.9 Å². The van der Waals surface area contributed by atoms with Crippen molar-refractivity contribution in [2.45, 2.75) is 176 Å². The van der Waals surface area contributed by atoms with Crippen molar-refractivity contribution in [2.75, 3.05) is 46.5 Å². The summed E-state index contributed by atoms with van der Waals surface area (Å²) in [5.74, 6) is 3.00. The Bertz CT molecular complexity index is 2410. The molecule has 68 heavy (non-hydrogen) atoms. The van der Waals surface area contributed by atoms with Gasteiger partial charge in [-0.25, -0.2) is 4.79 Å². The van der Waals surface area contributed by atoms with Crippen LogP contribution in [0.4, 0.5) is 4.79 Å². The minimum absolute atomic E-state index is 0.0454. The number of ketones is 1. The predicted octanol–water partition coefficient (Wildman–Crippen LogP) is 5.49. The molecule has 0 radical (unpaired) electrons. The van der Waals surface area contributed by atoms with Crippen molar-refractivity contribution in [3.63, 3.8) is 0 Å². The zero-order valence-electron chi connectivity index (χ0n) is 40.6. The Kier molecular flexibility index (Phi) is 10.2. The molecule has 370 valence electrons. The number of Topliss-reactive ketones (excluding diaryl/α,β-unsaturated/α-hetero) is 1. The number of ether oxygens (including phenoxy) is 5. The first-order chi connectivity index (χ1) is 32.4. The van der Waals surface area contributed by atoms with Crippen LogP contribution in [0.2, 0.25) is 0 Å². The summed E-state index contributed by atoms with van der Waals surface area (Å²) in [6.07, 6.45) is 9.52. The van der Waals surface area contributed by atoms with Crippen LogP contribution in [0.1, 0.15) is 127 Å². The van der Waals surface area contributed by atoms with Gasteiger partial charge in [0.25, 0.3) is 0 Å². The highest BCUT2D eigenvalue weighted by Gasteiger charge is 2.82. The highest BCUT2D eigenvalue weighted by Crippen LogP contribution is 2.78. The highest BCUT2D eigenvalue weighted by atomic mass is 16.7. The Labute approximate surface area is 399 Å². The molecule has 4 heterocycles. The van der Waals surface area contributed by atoms with Gasteiger partial charge in [0, 0.05) is 73.0 Å². The average Bonchev–Trinajstić information content (AvgIpc) is 4.24. The molecule has 14 nitrogen and oxygen atoms in total. The number of carbonyl (C=O) groups is 2. The predicted molar refractivity (Wildman–Crippen MR) is 248 cm³/mol. The Hall–Kier alpha value is -3.50. The number of likely N-dealkylation sites (tertiary alicyclic amines) is 2. The molecule has 3 spiro atoms. The van der Waals surface area contributed by atoms with Crippen LogP contribution in [0.15, 0.2) is 24.3 Å². The van der Waals surface area contributed by atoms with Gasteiger partial charge >= 0.3 is 6.16 Å². The molecule has 5 N–H and O–H groups in total. The van der Waals surface area contributed by atoms with Gasteiger partial charge in [0.15, 0.2) is 34.9 Å². The molecular formula is C54H72N2O12. The van der Waals surface area contributed by atoms with E-state index in [0.717, 1.165) is 94.1 Å². The quantitative estimate of drug-likeness (QED) is 0.141. The number of carbonyl (C=O) groups excluding carboxylic acids is 2. The summed E-state index contributed by atoms with van der Waals surface area (Å²) < 4.78 is 30.8. The van der Waals surface area contributed by atoms with Gasteiger partial charge < -0.3 is 49.2 Å². The molecule has 0 amide bonds. The van der Waals surface area contributed by atoms with Crippen LogP contribution in [0, 0.1) is 28.6 Å². The van der Waals surface area contributed by atoms with Crippen LogP contribution in [-0.4, -0.2) is 141 Å². The van der Waals surface area contributed by atoms with Crippen LogP contribution >= 0.6 is 0 Å². The third-order valence-electron chi connectivity index (χ3n) is 20.5. The SMILES string of the molecule is CO[C@]12CC[C@@]3(C[C@@H]1[C@](C)(O)C(C)(C)C)[C@H]1Cc4ccc(OC(=O)OCC[C@H](O)CO)c5c4[C@@]3(CCN1CC1CC1)[C@H]2O5.O=C1CC[C@@]2(O)[C@H]3Cc4ccc(O)c5c4[C@@]2(CCN3CC2CC2)[C@H]1O5. The zero-order chi connectivity index (χ0) is 47.6. The number of aromatic hydroxyl groups is 1. The standard InChI is InChI=1S/C34H49NO8.C20H23NO4/c1-30(2,3)31(4,39)24-17-32-11-12-34(24,40-5)28-33(32)13-14-35(18-20-6-7-20)25(32)16-21-8-9-23(27(43-28)26(21)33)42-29(38)41-15-10-22(37)19-36;22-13-4-3-12-9-15-20(24)6-5-14(23)18-19(20,16(12)17(13)25-18)7-8-21(15)10-11-1-2-11/h8-9,20,22,24-25,28,36-37,39H,6-7,10-19H2,1-5H3;3-4,11,15,18,22,24H,1-2,5-10H2/t22-,24+,25+,28+,31-,32+,33-,34+;15-,18+,19+,20-/m01/s1. The van der Waals surface area contributed by atoms with E-state index in [2.05, 4.69) is 36.6 Å². The number of hydrogen-bond acceptors (Lipinski definition) is 14. The van der Waals surface area contributed by atoms with E-state index in [1.54, 1.807) is 13.2 Å². The van der Waals surface area contributed by atoms with E-state index in [1.165, 1.54) is 36.8 Å². The molecule has 8 aliphatic carbocycles. The number of nitrogens with zero attached hydrogens (tertiary/aromatic N) is 2. The van der Waals surface area contributed by atoms with E-state index in [4.69, 9.17) is 28.8 Å². The van der Waals surface area contributed by atoms with Gasteiger partial charge in [0.2, 0.25) is 0 Å². The smallest absolute Gasteiger partial charge is 0.504 e. The van der Waals surface area contributed by atoms with E-state index in [-0.39, 0.29) is 58.9 Å². The third kappa shape index (κ3) is 6.00. The minimum Gasteiger partial charge on any atom is -0.504 e. The zero-order valence-corrected chi connectivity index (χ0v) is 40.6. The number of phenols is 1. The fourth-order valence-electron chi connectivity index (χ4n) is 16.4. The molecule has 12 aliphatic rings. The Balaban J connectivity index is 0.000000162. The lowest BCUT2D eigenvalue weighted by Crippen LogP contribution is -2.83. The van der Waals surface area contributed by atoms with E-state index < -0.39 is 47.2 Å². The maximum absolute atomic E-state index is 12.8. The van der Waals surface area contributed by atoms with Gasteiger partial charge in [-0.2, -0.15) is 0 Å².